The van der Waals surface area contributed by atoms with Gasteiger partial charge in [0, 0.05) is 19.5 Å². The standard InChI is InChI=1S/C12H22N2/c1-3-4-5-10-14(2)11-12-6-8-13-9-7-12/h12-13H,5-11H2,1-2H3. The Bertz CT molecular complexity index is 196. The number of nitrogens with zero attached hydrogens (tertiary/aromatic N) is 1. The normalized spacial score (nSPS) is 17.9. The van der Waals surface area contributed by atoms with Gasteiger partial charge in [-0.25, -0.2) is 0 Å². The molecule has 0 radical (unpaired) electrons. The fraction of sp³-hybridized carbons (Fsp3) is 0.833. The number of piperidine rings is 1. The minimum Gasteiger partial charge on any atom is -0.317 e. The summed E-state index contributed by atoms with van der Waals surface area (Å²) in [5, 5.41) is 3.40. The molecule has 1 aliphatic rings. The van der Waals surface area contributed by atoms with Crippen LogP contribution in [0.15, 0.2) is 0 Å². The molecule has 0 saturated carbocycles. The van der Waals surface area contributed by atoms with E-state index in [9.17, 15) is 0 Å². The Morgan fingerprint density at radius 3 is 2.71 bits per heavy atom. The predicted octanol–water partition coefficient (Wildman–Crippen LogP) is 1.33. The second-order valence-corrected chi connectivity index (χ2v) is 4.13. The van der Waals surface area contributed by atoms with Crippen molar-refractivity contribution in [2.45, 2.75) is 26.2 Å². The fourth-order valence-electron chi connectivity index (χ4n) is 1.97. The van der Waals surface area contributed by atoms with Crippen LogP contribution in [0.25, 0.3) is 0 Å². The molecule has 0 aromatic rings. The summed E-state index contributed by atoms with van der Waals surface area (Å²) in [4.78, 5) is 2.42. The summed E-state index contributed by atoms with van der Waals surface area (Å²) in [6.45, 7) is 6.67. The van der Waals surface area contributed by atoms with E-state index >= 15 is 0 Å². The topological polar surface area (TPSA) is 15.3 Å². The predicted molar refractivity (Wildman–Crippen MR) is 61.2 cm³/mol. The third-order valence-corrected chi connectivity index (χ3v) is 2.82. The van der Waals surface area contributed by atoms with Gasteiger partial charge in [0.1, 0.15) is 0 Å². The van der Waals surface area contributed by atoms with Gasteiger partial charge < -0.3 is 10.2 Å². The highest BCUT2D eigenvalue weighted by molar-refractivity contribution is 4.95. The Morgan fingerprint density at radius 2 is 2.07 bits per heavy atom. The summed E-state index contributed by atoms with van der Waals surface area (Å²) in [6, 6.07) is 0. The summed E-state index contributed by atoms with van der Waals surface area (Å²) in [6.07, 6.45) is 3.69. The van der Waals surface area contributed by atoms with E-state index in [4.69, 9.17) is 0 Å². The van der Waals surface area contributed by atoms with Crippen LogP contribution in [0.4, 0.5) is 0 Å². The van der Waals surface area contributed by atoms with E-state index in [0.717, 1.165) is 18.9 Å². The van der Waals surface area contributed by atoms with Crippen molar-refractivity contribution in [1.82, 2.24) is 10.2 Å². The monoisotopic (exact) mass is 194 g/mol. The molecule has 1 aliphatic heterocycles. The zero-order valence-electron chi connectivity index (χ0n) is 9.47. The Kier molecular flexibility index (Phi) is 5.66. The van der Waals surface area contributed by atoms with Crippen LogP contribution < -0.4 is 5.32 Å². The Labute approximate surface area is 88.1 Å². The Morgan fingerprint density at radius 1 is 1.36 bits per heavy atom. The smallest absolute Gasteiger partial charge is 0.0216 e. The van der Waals surface area contributed by atoms with E-state index in [1.165, 1.54) is 32.5 Å². The Hall–Kier alpha value is -0.520. The molecule has 1 heterocycles. The maximum atomic E-state index is 3.40. The summed E-state index contributed by atoms with van der Waals surface area (Å²) in [5.41, 5.74) is 0. The molecule has 0 aromatic carbocycles. The van der Waals surface area contributed by atoms with Gasteiger partial charge in [-0.05, 0) is 45.8 Å². The van der Waals surface area contributed by atoms with Gasteiger partial charge in [-0.2, -0.15) is 0 Å². The van der Waals surface area contributed by atoms with E-state index in [1.54, 1.807) is 0 Å². The van der Waals surface area contributed by atoms with Crippen LogP contribution in [0, 0.1) is 17.8 Å². The highest BCUT2D eigenvalue weighted by Gasteiger charge is 2.14. The molecular weight excluding hydrogens is 172 g/mol. The lowest BCUT2D eigenvalue weighted by molar-refractivity contribution is 0.244. The van der Waals surface area contributed by atoms with Crippen molar-refractivity contribution in [3.05, 3.63) is 0 Å². The van der Waals surface area contributed by atoms with Gasteiger partial charge in [0.05, 0.1) is 0 Å². The third kappa shape index (κ3) is 4.64. The fourth-order valence-corrected chi connectivity index (χ4v) is 1.97. The van der Waals surface area contributed by atoms with Crippen LogP contribution in [-0.4, -0.2) is 38.1 Å². The average molecular weight is 194 g/mol. The van der Waals surface area contributed by atoms with Crippen molar-refractivity contribution in [1.29, 1.82) is 0 Å². The molecule has 80 valence electrons. The minimum atomic E-state index is 0.899. The highest BCUT2D eigenvalue weighted by Crippen LogP contribution is 2.12. The average Bonchev–Trinajstić information content (AvgIpc) is 2.20. The molecule has 0 atom stereocenters. The Balaban J connectivity index is 2.10. The molecule has 1 N–H and O–H groups in total. The number of hydrogen-bond acceptors (Lipinski definition) is 2. The molecule has 1 rings (SSSR count). The molecule has 1 saturated heterocycles. The van der Waals surface area contributed by atoms with Crippen molar-refractivity contribution < 1.29 is 0 Å². The summed E-state index contributed by atoms with van der Waals surface area (Å²) >= 11 is 0. The van der Waals surface area contributed by atoms with E-state index in [-0.39, 0.29) is 0 Å². The first-order valence-corrected chi connectivity index (χ1v) is 5.62. The van der Waals surface area contributed by atoms with Gasteiger partial charge in [-0.15, -0.1) is 11.8 Å². The maximum absolute atomic E-state index is 3.40. The third-order valence-electron chi connectivity index (χ3n) is 2.82. The molecule has 0 unspecified atom stereocenters. The second kappa shape index (κ2) is 6.86. The first-order chi connectivity index (χ1) is 6.83. The lowest BCUT2D eigenvalue weighted by Crippen LogP contribution is -2.34. The molecule has 14 heavy (non-hydrogen) atoms. The largest absolute Gasteiger partial charge is 0.317 e. The molecule has 2 heteroatoms. The molecule has 0 amide bonds. The van der Waals surface area contributed by atoms with E-state index < -0.39 is 0 Å². The van der Waals surface area contributed by atoms with Crippen molar-refractivity contribution >= 4 is 0 Å². The zero-order chi connectivity index (χ0) is 10.2. The number of rotatable bonds is 4. The minimum absolute atomic E-state index is 0.899. The molecule has 2 nitrogen and oxygen atoms in total. The van der Waals surface area contributed by atoms with Crippen LogP contribution in [0.2, 0.25) is 0 Å². The van der Waals surface area contributed by atoms with E-state index in [2.05, 4.69) is 29.1 Å². The first-order valence-electron chi connectivity index (χ1n) is 5.62. The van der Waals surface area contributed by atoms with Gasteiger partial charge in [-0.3, -0.25) is 0 Å². The lowest BCUT2D eigenvalue weighted by atomic mass is 9.98. The quantitative estimate of drug-likeness (QED) is 0.679. The molecular formula is C12H22N2. The summed E-state index contributed by atoms with van der Waals surface area (Å²) < 4.78 is 0. The van der Waals surface area contributed by atoms with Gasteiger partial charge in [0.15, 0.2) is 0 Å². The molecule has 0 aliphatic carbocycles. The summed E-state index contributed by atoms with van der Waals surface area (Å²) in [7, 11) is 2.21. The molecule has 0 spiro atoms. The van der Waals surface area contributed by atoms with Crippen molar-refractivity contribution in [3.8, 4) is 11.8 Å². The van der Waals surface area contributed by atoms with Crippen LogP contribution in [-0.2, 0) is 0 Å². The van der Waals surface area contributed by atoms with Crippen LogP contribution in [0.5, 0.6) is 0 Å². The van der Waals surface area contributed by atoms with Gasteiger partial charge in [0.2, 0.25) is 0 Å². The number of nitrogens with one attached hydrogen (secondary N) is 1. The zero-order valence-corrected chi connectivity index (χ0v) is 9.47. The molecule has 0 bridgehead atoms. The van der Waals surface area contributed by atoms with Crippen LogP contribution in [0.1, 0.15) is 26.2 Å². The van der Waals surface area contributed by atoms with E-state index in [0.29, 0.717) is 0 Å². The van der Waals surface area contributed by atoms with Gasteiger partial charge >= 0.3 is 0 Å². The van der Waals surface area contributed by atoms with Crippen LogP contribution in [0.3, 0.4) is 0 Å². The first kappa shape index (κ1) is 11.6. The molecule has 0 aromatic heterocycles. The van der Waals surface area contributed by atoms with E-state index in [1.807, 2.05) is 6.92 Å². The molecule has 1 fully saturated rings. The maximum Gasteiger partial charge on any atom is 0.0216 e. The van der Waals surface area contributed by atoms with Gasteiger partial charge in [-0.1, -0.05) is 0 Å². The van der Waals surface area contributed by atoms with Crippen molar-refractivity contribution in [2.75, 3.05) is 33.2 Å². The van der Waals surface area contributed by atoms with Gasteiger partial charge in [0.25, 0.3) is 0 Å². The van der Waals surface area contributed by atoms with Crippen molar-refractivity contribution in [2.24, 2.45) is 5.92 Å². The summed E-state index contributed by atoms with van der Waals surface area (Å²) in [5.74, 6) is 6.95. The SMILES string of the molecule is CC#CCCN(C)CC1CCNCC1. The second-order valence-electron chi connectivity index (χ2n) is 4.13. The van der Waals surface area contributed by atoms with Crippen molar-refractivity contribution in [3.63, 3.8) is 0 Å². The highest BCUT2D eigenvalue weighted by atomic mass is 15.1. The number of hydrogen-bond donors (Lipinski definition) is 1. The van der Waals surface area contributed by atoms with Crippen LogP contribution >= 0.6 is 0 Å². The lowest BCUT2D eigenvalue weighted by Gasteiger charge is -2.27.